The molecule has 4 nitrogen and oxygen atoms in total. The van der Waals surface area contributed by atoms with Crippen LogP contribution in [-0.4, -0.2) is 11.9 Å². The van der Waals surface area contributed by atoms with Crippen LogP contribution in [0.5, 0.6) is 0 Å². The Bertz CT molecular complexity index is 670. The summed E-state index contributed by atoms with van der Waals surface area (Å²) >= 11 is 0. The molecule has 1 aliphatic heterocycles. The molecular weight excluding hydrogens is 240 g/mol. The summed E-state index contributed by atoms with van der Waals surface area (Å²) in [5.74, 6) is -0.411. The highest BCUT2D eigenvalue weighted by Gasteiger charge is 2.48. The van der Waals surface area contributed by atoms with Crippen LogP contribution in [0.3, 0.4) is 0 Å². The molecule has 19 heavy (non-hydrogen) atoms. The zero-order valence-corrected chi connectivity index (χ0v) is 10.0. The van der Waals surface area contributed by atoms with Gasteiger partial charge in [-0.1, -0.05) is 60.6 Å². The molecule has 3 rings (SSSR count). The fourth-order valence-electron chi connectivity index (χ4n) is 2.35. The molecule has 0 aliphatic carbocycles. The Balaban J connectivity index is 2.21. The van der Waals surface area contributed by atoms with E-state index in [-0.39, 0.29) is 0 Å². The Kier molecular flexibility index (Phi) is 2.30. The van der Waals surface area contributed by atoms with Gasteiger partial charge in [-0.3, -0.25) is 10.1 Å². The highest BCUT2D eigenvalue weighted by atomic mass is 16.2. The number of nitrogens with one attached hydrogen (secondary N) is 2. The maximum Gasteiger partial charge on any atom is 0.322 e. The summed E-state index contributed by atoms with van der Waals surface area (Å²) in [5, 5.41) is 4.99. The Labute approximate surface area is 111 Å². The Morgan fingerprint density at radius 3 is 2.00 bits per heavy atom. The van der Waals surface area contributed by atoms with Crippen molar-refractivity contribution in [3.8, 4) is 0 Å². The number of hydrogen-bond donors (Lipinski definition) is 2. The van der Waals surface area contributed by atoms with Crippen LogP contribution in [0.1, 0.15) is 12.5 Å². The maximum absolute atomic E-state index is 12.4. The molecule has 94 valence electrons. The van der Waals surface area contributed by atoms with Crippen LogP contribution in [0.25, 0.3) is 0 Å². The van der Waals surface area contributed by atoms with E-state index in [2.05, 4.69) is 10.6 Å². The van der Waals surface area contributed by atoms with Crippen molar-refractivity contribution >= 4 is 11.9 Å². The van der Waals surface area contributed by atoms with E-state index in [9.17, 15) is 9.59 Å². The molecular formula is C15H12N2O2. The van der Waals surface area contributed by atoms with Crippen molar-refractivity contribution in [2.24, 2.45) is 0 Å². The summed E-state index contributed by atoms with van der Waals surface area (Å²) in [5.41, 5.74) is 0.0793. The molecule has 0 spiro atoms. The van der Waals surface area contributed by atoms with Gasteiger partial charge in [0.2, 0.25) is 0 Å². The van der Waals surface area contributed by atoms with Crippen LogP contribution < -0.4 is 10.6 Å². The number of benzene rings is 2. The van der Waals surface area contributed by atoms with Gasteiger partial charge in [0.05, 0.1) is 1.37 Å². The van der Waals surface area contributed by atoms with Gasteiger partial charge in [-0.05, 0) is 11.1 Å². The number of imide groups is 1. The fourth-order valence-corrected chi connectivity index (χ4v) is 2.35. The molecule has 3 amide bonds. The van der Waals surface area contributed by atoms with E-state index in [4.69, 9.17) is 1.37 Å². The summed E-state index contributed by atoms with van der Waals surface area (Å²) < 4.78 is 7.53. The predicted octanol–water partition coefficient (Wildman–Crippen LogP) is 1.77. The van der Waals surface area contributed by atoms with Crippen molar-refractivity contribution < 1.29 is 11.0 Å². The molecule has 1 aliphatic rings. The summed E-state index contributed by atoms with van der Waals surface area (Å²) in [6.45, 7) is 0. The predicted molar refractivity (Wildman–Crippen MR) is 70.3 cm³/mol. The van der Waals surface area contributed by atoms with E-state index in [1.54, 1.807) is 36.4 Å². The zero-order valence-electron chi connectivity index (χ0n) is 11.0. The number of amides is 3. The van der Waals surface area contributed by atoms with Gasteiger partial charge in [-0.2, -0.15) is 0 Å². The molecule has 2 aromatic rings. The minimum Gasteiger partial charge on any atom is -0.316 e. The van der Waals surface area contributed by atoms with Crippen LogP contribution >= 0.6 is 0 Å². The molecule has 1 atom stereocenters. The highest BCUT2D eigenvalue weighted by molar-refractivity contribution is 6.09. The van der Waals surface area contributed by atoms with Gasteiger partial charge in [0.25, 0.3) is 5.91 Å². The molecule has 2 aromatic carbocycles. The van der Waals surface area contributed by atoms with Gasteiger partial charge in [0.1, 0.15) is 0 Å². The van der Waals surface area contributed by atoms with Gasteiger partial charge in [0.15, 0.2) is 5.54 Å². The third kappa shape index (κ3) is 1.69. The average molecular weight is 253 g/mol. The first-order chi connectivity index (χ1) is 9.63. The lowest BCUT2D eigenvalue weighted by Gasteiger charge is -2.27. The smallest absolute Gasteiger partial charge is 0.316 e. The standard InChI is InChI=1S/C15H12N2O2/c18-13-15(17-14(19)16-13,11-7-3-1-4-8-11)12-9-5-2-6-10-12/h1-10H,(H2,16,17,18,19)/i1D/t15-/m0/s1. The first-order valence-electron chi connectivity index (χ1n) is 6.39. The van der Waals surface area contributed by atoms with Gasteiger partial charge in [-0.15, -0.1) is 0 Å². The first kappa shape index (κ1) is 10.3. The summed E-state index contributed by atoms with van der Waals surface area (Å²) in [6, 6.07) is 15.4. The SMILES string of the molecule is [2H]c1ccc([C@@]2(c3ccccc3)NC(=O)NC2=O)cc1. The second-order valence-corrected chi connectivity index (χ2v) is 4.31. The van der Waals surface area contributed by atoms with Crippen molar-refractivity contribution in [1.29, 1.82) is 0 Å². The van der Waals surface area contributed by atoms with Crippen molar-refractivity contribution in [2.45, 2.75) is 5.54 Å². The lowest BCUT2D eigenvalue weighted by Crippen LogP contribution is -2.44. The second-order valence-electron chi connectivity index (χ2n) is 4.31. The topological polar surface area (TPSA) is 58.2 Å². The molecule has 0 bridgehead atoms. The molecule has 4 heteroatoms. The molecule has 0 saturated carbocycles. The Morgan fingerprint density at radius 1 is 0.895 bits per heavy atom. The van der Waals surface area contributed by atoms with E-state index in [1.165, 1.54) is 0 Å². The molecule has 2 N–H and O–H groups in total. The number of hydrogen-bond acceptors (Lipinski definition) is 2. The highest BCUT2D eigenvalue weighted by Crippen LogP contribution is 2.32. The minimum atomic E-state index is -1.23. The molecule has 1 saturated heterocycles. The van der Waals surface area contributed by atoms with Crippen molar-refractivity contribution in [3.63, 3.8) is 0 Å². The van der Waals surface area contributed by atoms with Crippen molar-refractivity contribution in [1.82, 2.24) is 10.6 Å². The lowest BCUT2D eigenvalue weighted by atomic mass is 9.83. The quantitative estimate of drug-likeness (QED) is 0.801. The zero-order chi connectivity index (χ0) is 14.2. The monoisotopic (exact) mass is 253 g/mol. The molecule has 1 heterocycles. The number of carbonyl (C=O) groups is 2. The van der Waals surface area contributed by atoms with Gasteiger partial charge >= 0.3 is 6.03 Å². The lowest BCUT2D eigenvalue weighted by molar-refractivity contribution is -0.122. The minimum absolute atomic E-state index is 0.349. The molecule has 0 unspecified atom stereocenters. The van der Waals surface area contributed by atoms with Crippen LogP contribution in [0.2, 0.25) is 0 Å². The number of rotatable bonds is 2. The first-order valence-corrected chi connectivity index (χ1v) is 5.89. The van der Waals surface area contributed by atoms with Gasteiger partial charge in [0, 0.05) is 0 Å². The van der Waals surface area contributed by atoms with E-state index >= 15 is 0 Å². The third-order valence-electron chi connectivity index (χ3n) is 3.23. The third-order valence-corrected chi connectivity index (χ3v) is 3.23. The molecule has 0 radical (unpaired) electrons. The molecule has 0 aromatic heterocycles. The largest absolute Gasteiger partial charge is 0.322 e. The normalized spacial score (nSPS) is 22.6. The summed E-state index contributed by atoms with van der Waals surface area (Å²) in [6.07, 6.45) is 0. The average Bonchev–Trinajstić information content (AvgIpc) is 2.76. The maximum atomic E-state index is 12.4. The Hall–Kier alpha value is -2.62. The fraction of sp³-hybridized carbons (Fsp3) is 0.0667. The molecule has 1 fully saturated rings. The Morgan fingerprint density at radius 2 is 1.47 bits per heavy atom. The van der Waals surface area contributed by atoms with Crippen LogP contribution in [0, 0.1) is 0 Å². The van der Waals surface area contributed by atoms with Crippen molar-refractivity contribution in [3.05, 3.63) is 71.8 Å². The van der Waals surface area contributed by atoms with Gasteiger partial charge in [-0.25, -0.2) is 4.79 Å². The second kappa shape index (κ2) is 4.24. The van der Waals surface area contributed by atoms with Crippen LogP contribution in [0.4, 0.5) is 4.79 Å². The van der Waals surface area contributed by atoms with E-state index in [0.29, 0.717) is 17.2 Å². The summed E-state index contributed by atoms with van der Waals surface area (Å²) in [7, 11) is 0. The van der Waals surface area contributed by atoms with Crippen LogP contribution in [-0.2, 0) is 10.3 Å². The van der Waals surface area contributed by atoms with E-state index in [0.717, 1.165) is 0 Å². The van der Waals surface area contributed by atoms with E-state index in [1.807, 2.05) is 18.2 Å². The van der Waals surface area contributed by atoms with E-state index < -0.39 is 17.5 Å². The number of carbonyl (C=O) groups excluding carboxylic acids is 2. The summed E-state index contributed by atoms with van der Waals surface area (Å²) in [4.78, 5) is 24.0. The van der Waals surface area contributed by atoms with Crippen LogP contribution in [0.15, 0.2) is 60.6 Å². The van der Waals surface area contributed by atoms with Crippen molar-refractivity contribution in [2.75, 3.05) is 0 Å². The number of urea groups is 1. The van der Waals surface area contributed by atoms with Gasteiger partial charge < -0.3 is 5.32 Å².